The molecule has 5 heteroatoms. The maximum absolute atomic E-state index is 13.4. The molecule has 1 aliphatic heterocycles. The molecule has 2 fully saturated rings. The highest BCUT2D eigenvalue weighted by Gasteiger charge is 2.43. The fourth-order valence-corrected chi connectivity index (χ4v) is 4.01. The van der Waals surface area contributed by atoms with Gasteiger partial charge < -0.3 is 15.0 Å². The Kier molecular flexibility index (Phi) is 5.97. The summed E-state index contributed by atoms with van der Waals surface area (Å²) in [5, 5.41) is 2.93. The van der Waals surface area contributed by atoms with E-state index in [4.69, 9.17) is 4.74 Å². The van der Waals surface area contributed by atoms with Crippen LogP contribution >= 0.6 is 0 Å². The van der Waals surface area contributed by atoms with Gasteiger partial charge in [0.25, 0.3) is 0 Å². The first kappa shape index (κ1) is 18.9. The van der Waals surface area contributed by atoms with Gasteiger partial charge in [0, 0.05) is 24.7 Å². The van der Waals surface area contributed by atoms with Crippen LogP contribution in [-0.2, 0) is 19.7 Å². The Morgan fingerprint density at radius 1 is 1.04 bits per heavy atom. The van der Waals surface area contributed by atoms with Crippen molar-refractivity contribution in [2.24, 2.45) is 5.92 Å². The van der Waals surface area contributed by atoms with Crippen molar-refractivity contribution in [3.05, 3.63) is 29.8 Å². The van der Waals surface area contributed by atoms with Crippen LogP contribution in [0.1, 0.15) is 51.5 Å². The molecule has 0 spiro atoms. The highest BCUT2D eigenvalue weighted by molar-refractivity contribution is 5.92. The van der Waals surface area contributed by atoms with Crippen LogP contribution in [0.5, 0.6) is 0 Å². The molecule has 2 aliphatic rings. The summed E-state index contributed by atoms with van der Waals surface area (Å²) in [5.74, 6) is 0.205. The average Bonchev–Trinajstić information content (AvgIpc) is 2.69. The lowest BCUT2D eigenvalue weighted by molar-refractivity contribution is -0.143. The van der Waals surface area contributed by atoms with Crippen molar-refractivity contribution in [2.45, 2.75) is 51.4 Å². The van der Waals surface area contributed by atoms with Crippen LogP contribution < -0.4 is 5.32 Å². The predicted molar refractivity (Wildman–Crippen MR) is 102 cm³/mol. The van der Waals surface area contributed by atoms with Crippen molar-refractivity contribution < 1.29 is 14.3 Å². The molecular weight excluding hydrogens is 328 g/mol. The zero-order chi connectivity index (χ0) is 18.6. The predicted octanol–water partition coefficient (Wildman–Crippen LogP) is 3.34. The fraction of sp³-hybridized carbons (Fsp3) is 0.619. The van der Waals surface area contributed by atoms with Crippen LogP contribution in [0, 0.1) is 5.92 Å². The Labute approximate surface area is 156 Å². The smallest absolute Gasteiger partial charge is 0.233 e. The van der Waals surface area contributed by atoms with Crippen molar-refractivity contribution in [2.75, 3.05) is 31.6 Å². The van der Waals surface area contributed by atoms with Crippen molar-refractivity contribution in [1.82, 2.24) is 4.90 Å². The first-order valence-corrected chi connectivity index (χ1v) is 9.81. The average molecular weight is 358 g/mol. The van der Waals surface area contributed by atoms with Crippen molar-refractivity contribution >= 4 is 17.5 Å². The maximum atomic E-state index is 13.4. The maximum Gasteiger partial charge on any atom is 0.233 e. The van der Waals surface area contributed by atoms with Crippen LogP contribution in [0.4, 0.5) is 5.69 Å². The number of nitrogens with zero attached hydrogens (tertiary/aromatic N) is 1. The molecule has 2 amide bonds. The molecule has 0 atom stereocenters. The molecule has 1 N–H and O–H groups in total. The number of hydrogen-bond acceptors (Lipinski definition) is 3. The molecule has 26 heavy (non-hydrogen) atoms. The Balaban J connectivity index is 1.83. The second-order valence-electron chi connectivity index (χ2n) is 7.77. The number of morpholine rings is 1. The minimum absolute atomic E-state index is 0.00882. The van der Waals surface area contributed by atoms with E-state index in [1.54, 1.807) is 0 Å². The lowest BCUT2D eigenvalue weighted by Crippen LogP contribution is -2.51. The molecule has 1 saturated carbocycles. The fourth-order valence-electron chi connectivity index (χ4n) is 4.01. The molecule has 0 aromatic heterocycles. The number of amides is 2. The topological polar surface area (TPSA) is 58.6 Å². The molecule has 1 aliphatic carbocycles. The van der Waals surface area contributed by atoms with Crippen LogP contribution in [0.25, 0.3) is 0 Å². The van der Waals surface area contributed by atoms with Crippen LogP contribution in [0.2, 0.25) is 0 Å². The van der Waals surface area contributed by atoms with Gasteiger partial charge in [-0.05, 0) is 30.5 Å². The molecule has 0 unspecified atom stereocenters. The highest BCUT2D eigenvalue weighted by atomic mass is 16.5. The summed E-state index contributed by atoms with van der Waals surface area (Å²) in [5.41, 5.74) is 1.45. The number of hydrogen-bond donors (Lipinski definition) is 1. The summed E-state index contributed by atoms with van der Waals surface area (Å²) in [6, 6.07) is 7.91. The van der Waals surface area contributed by atoms with Gasteiger partial charge >= 0.3 is 0 Å². The lowest BCUT2D eigenvalue weighted by Gasteiger charge is -2.41. The number of ether oxygens (including phenoxy) is 1. The monoisotopic (exact) mass is 358 g/mol. The number of anilines is 1. The van der Waals surface area contributed by atoms with Gasteiger partial charge in [-0.3, -0.25) is 9.59 Å². The van der Waals surface area contributed by atoms with Crippen LogP contribution in [0.3, 0.4) is 0 Å². The van der Waals surface area contributed by atoms with Gasteiger partial charge in [-0.25, -0.2) is 0 Å². The molecule has 1 heterocycles. The molecule has 1 saturated heterocycles. The third kappa shape index (κ3) is 3.93. The minimum Gasteiger partial charge on any atom is -0.378 e. The SMILES string of the molecule is CC(C)C(=O)Nc1ccc(C2(C(=O)N3CCOCC3)CCCCC2)cc1. The van der Waals surface area contributed by atoms with Gasteiger partial charge in [-0.15, -0.1) is 0 Å². The Morgan fingerprint density at radius 3 is 2.23 bits per heavy atom. The van der Waals surface area contributed by atoms with Gasteiger partial charge in [0.1, 0.15) is 0 Å². The number of nitrogens with one attached hydrogen (secondary N) is 1. The molecule has 3 rings (SSSR count). The first-order chi connectivity index (χ1) is 12.5. The summed E-state index contributed by atoms with van der Waals surface area (Å²) in [4.78, 5) is 27.3. The first-order valence-electron chi connectivity index (χ1n) is 9.81. The summed E-state index contributed by atoms with van der Waals surface area (Å²) >= 11 is 0. The number of rotatable bonds is 4. The molecule has 1 aromatic carbocycles. The van der Waals surface area contributed by atoms with E-state index >= 15 is 0 Å². The lowest BCUT2D eigenvalue weighted by atomic mass is 9.68. The van der Waals surface area contributed by atoms with E-state index in [0.29, 0.717) is 26.3 Å². The van der Waals surface area contributed by atoms with E-state index in [0.717, 1.165) is 36.9 Å². The van der Waals surface area contributed by atoms with Gasteiger partial charge in [0.15, 0.2) is 0 Å². The number of benzene rings is 1. The quantitative estimate of drug-likeness (QED) is 0.898. The molecule has 1 aromatic rings. The zero-order valence-electron chi connectivity index (χ0n) is 15.9. The normalized spacial score (nSPS) is 20.0. The summed E-state index contributed by atoms with van der Waals surface area (Å²) in [7, 11) is 0. The van der Waals surface area contributed by atoms with E-state index in [-0.39, 0.29) is 17.7 Å². The van der Waals surface area contributed by atoms with Gasteiger partial charge in [0.05, 0.1) is 18.6 Å². The Morgan fingerprint density at radius 2 is 1.65 bits per heavy atom. The summed E-state index contributed by atoms with van der Waals surface area (Å²) in [6.45, 7) is 6.37. The van der Waals surface area contributed by atoms with Crippen LogP contribution in [0.15, 0.2) is 24.3 Å². The highest BCUT2D eigenvalue weighted by Crippen LogP contribution is 2.41. The summed E-state index contributed by atoms with van der Waals surface area (Å²) < 4.78 is 5.41. The second-order valence-corrected chi connectivity index (χ2v) is 7.77. The van der Waals surface area contributed by atoms with Crippen molar-refractivity contribution in [3.8, 4) is 0 Å². The third-order valence-corrected chi connectivity index (χ3v) is 5.64. The van der Waals surface area contributed by atoms with Gasteiger partial charge in [0.2, 0.25) is 11.8 Å². The number of carbonyl (C=O) groups is 2. The van der Waals surface area contributed by atoms with E-state index in [1.165, 1.54) is 6.42 Å². The second kappa shape index (κ2) is 8.21. The molecule has 0 bridgehead atoms. The van der Waals surface area contributed by atoms with Gasteiger partial charge in [-0.2, -0.15) is 0 Å². The van der Waals surface area contributed by atoms with E-state index in [1.807, 2.05) is 43.0 Å². The molecule has 142 valence electrons. The molecule has 5 nitrogen and oxygen atoms in total. The van der Waals surface area contributed by atoms with Crippen molar-refractivity contribution in [1.29, 1.82) is 0 Å². The number of carbonyl (C=O) groups excluding carboxylic acids is 2. The standard InChI is InChI=1S/C21H30N2O3/c1-16(2)19(24)22-18-8-6-17(7-9-18)21(10-4-3-5-11-21)20(25)23-12-14-26-15-13-23/h6-9,16H,3-5,10-15H2,1-2H3,(H,22,24). The molecule has 0 radical (unpaired) electrons. The molecular formula is C21H30N2O3. The Bertz CT molecular complexity index is 627. The third-order valence-electron chi connectivity index (χ3n) is 5.64. The van der Waals surface area contributed by atoms with E-state index in [2.05, 4.69) is 5.32 Å². The van der Waals surface area contributed by atoms with Crippen LogP contribution in [-0.4, -0.2) is 43.0 Å². The minimum atomic E-state index is -0.420. The Hall–Kier alpha value is -1.88. The van der Waals surface area contributed by atoms with Crippen molar-refractivity contribution in [3.63, 3.8) is 0 Å². The largest absolute Gasteiger partial charge is 0.378 e. The van der Waals surface area contributed by atoms with Gasteiger partial charge in [-0.1, -0.05) is 45.2 Å². The zero-order valence-corrected chi connectivity index (χ0v) is 15.9. The van der Waals surface area contributed by atoms with E-state index < -0.39 is 5.41 Å². The van der Waals surface area contributed by atoms with E-state index in [9.17, 15) is 9.59 Å². The summed E-state index contributed by atoms with van der Waals surface area (Å²) in [6.07, 6.45) is 5.17.